The van der Waals surface area contributed by atoms with Crippen LogP contribution in [0.4, 0.5) is 5.69 Å². The Morgan fingerprint density at radius 3 is 2.64 bits per heavy atom. The lowest BCUT2D eigenvalue weighted by Gasteiger charge is -2.42. The summed E-state index contributed by atoms with van der Waals surface area (Å²) in [5.74, 6) is 1.06. The molecule has 1 atom stereocenters. The smallest absolute Gasteiger partial charge is 0.206 e. The minimum absolute atomic E-state index is 0.250. The van der Waals surface area contributed by atoms with Crippen LogP contribution < -0.4 is 4.90 Å². The van der Waals surface area contributed by atoms with Crippen LogP contribution in [0.1, 0.15) is 24.1 Å². The zero-order chi connectivity index (χ0) is 14.9. The molecule has 0 radical (unpaired) electrons. The van der Waals surface area contributed by atoms with Gasteiger partial charge in [-0.15, -0.1) is 0 Å². The molecular weight excluding hydrogens is 270 g/mol. The van der Waals surface area contributed by atoms with Crippen molar-refractivity contribution in [2.75, 3.05) is 18.0 Å². The molecule has 2 aliphatic rings. The number of aliphatic imine (C=N–C) groups is 1. The number of benzene rings is 2. The van der Waals surface area contributed by atoms with E-state index in [0.717, 1.165) is 19.0 Å². The van der Waals surface area contributed by atoms with E-state index in [1.54, 1.807) is 0 Å². The van der Waals surface area contributed by atoms with E-state index in [-0.39, 0.29) is 6.04 Å². The van der Waals surface area contributed by atoms with Gasteiger partial charge in [0.15, 0.2) is 0 Å². The second-order valence-electron chi connectivity index (χ2n) is 5.60. The average Bonchev–Trinajstić information content (AvgIpc) is 3.05. The van der Waals surface area contributed by atoms with Crippen LogP contribution in [-0.4, -0.2) is 23.9 Å². The summed E-state index contributed by atoms with van der Waals surface area (Å²) in [5.41, 5.74) is 3.89. The Labute approximate surface area is 131 Å². The van der Waals surface area contributed by atoms with Crippen LogP contribution in [0.15, 0.2) is 71.9 Å². The van der Waals surface area contributed by atoms with E-state index in [9.17, 15) is 0 Å². The predicted molar refractivity (Wildman–Crippen MR) is 91.0 cm³/mol. The summed E-state index contributed by atoms with van der Waals surface area (Å²) in [6.07, 6.45) is 4.18. The molecule has 0 aromatic heterocycles. The Kier molecular flexibility index (Phi) is 3.19. The van der Waals surface area contributed by atoms with Gasteiger partial charge in [0, 0.05) is 18.3 Å². The SMILES string of the molecule is C/C=C/N1C2=NCCN2C(c2ccccc2)c2ccccc21. The molecule has 2 heterocycles. The summed E-state index contributed by atoms with van der Waals surface area (Å²) in [5, 5.41) is 0. The first-order valence-electron chi connectivity index (χ1n) is 7.77. The molecule has 0 aliphatic carbocycles. The lowest BCUT2D eigenvalue weighted by Crippen LogP contribution is -2.46. The first-order chi connectivity index (χ1) is 10.9. The van der Waals surface area contributed by atoms with Gasteiger partial charge in [-0.05, 0) is 18.6 Å². The van der Waals surface area contributed by atoms with E-state index < -0.39 is 0 Å². The topological polar surface area (TPSA) is 18.8 Å². The molecule has 0 amide bonds. The fourth-order valence-corrected chi connectivity index (χ4v) is 3.41. The molecule has 1 unspecified atom stereocenters. The van der Waals surface area contributed by atoms with Gasteiger partial charge >= 0.3 is 0 Å². The summed E-state index contributed by atoms with van der Waals surface area (Å²) in [6, 6.07) is 19.6. The molecule has 0 spiro atoms. The number of nitrogens with zero attached hydrogens (tertiary/aromatic N) is 3. The highest BCUT2D eigenvalue weighted by atomic mass is 15.4. The molecular formula is C19H19N3. The molecule has 3 heteroatoms. The Balaban J connectivity index is 1.92. The van der Waals surface area contributed by atoms with Gasteiger partial charge in [0.2, 0.25) is 5.96 Å². The zero-order valence-corrected chi connectivity index (χ0v) is 12.7. The monoisotopic (exact) mass is 289 g/mol. The number of rotatable bonds is 2. The van der Waals surface area contributed by atoms with Gasteiger partial charge in [-0.2, -0.15) is 0 Å². The van der Waals surface area contributed by atoms with Crippen molar-refractivity contribution < 1.29 is 0 Å². The van der Waals surface area contributed by atoms with Gasteiger partial charge in [0.25, 0.3) is 0 Å². The summed E-state index contributed by atoms with van der Waals surface area (Å²) in [4.78, 5) is 9.37. The van der Waals surface area contributed by atoms with E-state index in [2.05, 4.69) is 76.7 Å². The highest BCUT2D eigenvalue weighted by Crippen LogP contribution is 2.41. The molecule has 3 nitrogen and oxygen atoms in total. The van der Waals surface area contributed by atoms with Crippen molar-refractivity contribution >= 4 is 11.6 Å². The summed E-state index contributed by atoms with van der Waals surface area (Å²) in [7, 11) is 0. The third kappa shape index (κ3) is 1.93. The number of guanidine groups is 1. The van der Waals surface area contributed by atoms with Gasteiger partial charge in [-0.1, -0.05) is 54.6 Å². The van der Waals surface area contributed by atoms with Crippen molar-refractivity contribution in [2.45, 2.75) is 13.0 Å². The Bertz CT molecular complexity index is 733. The van der Waals surface area contributed by atoms with Crippen LogP contribution in [0, 0.1) is 0 Å². The number of fused-ring (bicyclic) bond motifs is 2. The number of para-hydroxylation sites is 1. The van der Waals surface area contributed by atoms with E-state index in [4.69, 9.17) is 4.99 Å². The third-order valence-electron chi connectivity index (χ3n) is 4.28. The van der Waals surface area contributed by atoms with Crippen molar-refractivity contribution in [3.63, 3.8) is 0 Å². The lowest BCUT2D eigenvalue weighted by molar-refractivity contribution is 0.377. The Morgan fingerprint density at radius 2 is 1.82 bits per heavy atom. The lowest BCUT2D eigenvalue weighted by atomic mass is 9.93. The van der Waals surface area contributed by atoms with Crippen molar-refractivity contribution in [1.29, 1.82) is 0 Å². The molecule has 22 heavy (non-hydrogen) atoms. The molecule has 0 fully saturated rings. The number of anilines is 1. The molecule has 0 saturated heterocycles. The Morgan fingerprint density at radius 1 is 1.05 bits per heavy atom. The fraction of sp³-hybridized carbons (Fsp3) is 0.211. The quantitative estimate of drug-likeness (QED) is 0.837. The molecule has 2 aromatic rings. The normalized spacial score (nSPS) is 20.0. The Hall–Kier alpha value is -2.55. The molecule has 0 N–H and O–H groups in total. The molecule has 0 bridgehead atoms. The van der Waals surface area contributed by atoms with Gasteiger partial charge in [-0.3, -0.25) is 9.89 Å². The van der Waals surface area contributed by atoms with Crippen molar-refractivity contribution in [3.05, 3.63) is 78.0 Å². The van der Waals surface area contributed by atoms with Crippen LogP contribution >= 0.6 is 0 Å². The van der Waals surface area contributed by atoms with Crippen molar-refractivity contribution in [3.8, 4) is 0 Å². The zero-order valence-electron chi connectivity index (χ0n) is 12.7. The molecule has 110 valence electrons. The maximum Gasteiger partial charge on any atom is 0.206 e. The van der Waals surface area contributed by atoms with Crippen molar-refractivity contribution in [1.82, 2.24) is 4.90 Å². The van der Waals surface area contributed by atoms with E-state index >= 15 is 0 Å². The van der Waals surface area contributed by atoms with Crippen LogP contribution in [0.3, 0.4) is 0 Å². The largest absolute Gasteiger partial charge is 0.329 e. The molecule has 4 rings (SSSR count). The average molecular weight is 289 g/mol. The van der Waals surface area contributed by atoms with E-state index in [1.165, 1.54) is 16.8 Å². The van der Waals surface area contributed by atoms with Gasteiger partial charge in [0.05, 0.1) is 18.3 Å². The van der Waals surface area contributed by atoms with Gasteiger partial charge in [-0.25, -0.2) is 0 Å². The molecule has 0 saturated carbocycles. The van der Waals surface area contributed by atoms with E-state index in [0.29, 0.717) is 0 Å². The van der Waals surface area contributed by atoms with Gasteiger partial charge < -0.3 is 4.90 Å². The standard InChI is InChI=1S/C19H19N3/c1-2-13-21-17-11-7-6-10-16(17)18(15-8-4-3-5-9-15)22-14-12-20-19(21)22/h2-11,13,18H,12,14H2,1H3/b13-2+. The highest BCUT2D eigenvalue weighted by molar-refractivity contribution is 6.02. The van der Waals surface area contributed by atoms with E-state index in [1.807, 2.05) is 6.92 Å². The first-order valence-corrected chi connectivity index (χ1v) is 7.77. The third-order valence-corrected chi connectivity index (χ3v) is 4.28. The second-order valence-corrected chi connectivity index (χ2v) is 5.60. The minimum atomic E-state index is 0.250. The molecule has 2 aliphatic heterocycles. The summed E-state index contributed by atoms with van der Waals surface area (Å²) >= 11 is 0. The number of allylic oxidation sites excluding steroid dienone is 1. The number of hydrogen-bond acceptors (Lipinski definition) is 3. The number of hydrogen-bond donors (Lipinski definition) is 0. The molecule has 2 aromatic carbocycles. The summed E-state index contributed by atoms with van der Waals surface area (Å²) in [6.45, 7) is 3.88. The van der Waals surface area contributed by atoms with Crippen LogP contribution in [0.2, 0.25) is 0 Å². The van der Waals surface area contributed by atoms with Crippen LogP contribution in [0.25, 0.3) is 0 Å². The van der Waals surface area contributed by atoms with Crippen LogP contribution in [-0.2, 0) is 0 Å². The summed E-state index contributed by atoms with van der Waals surface area (Å²) < 4.78 is 0. The first kappa shape index (κ1) is 13.1. The van der Waals surface area contributed by atoms with Crippen LogP contribution in [0.5, 0.6) is 0 Å². The maximum absolute atomic E-state index is 4.75. The highest BCUT2D eigenvalue weighted by Gasteiger charge is 2.37. The second kappa shape index (κ2) is 5.34. The minimum Gasteiger partial charge on any atom is -0.329 e. The van der Waals surface area contributed by atoms with Crippen molar-refractivity contribution in [2.24, 2.45) is 4.99 Å². The predicted octanol–water partition coefficient (Wildman–Crippen LogP) is 3.80. The maximum atomic E-state index is 4.75. The fourth-order valence-electron chi connectivity index (χ4n) is 3.41. The van der Waals surface area contributed by atoms with Gasteiger partial charge in [0.1, 0.15) is 0 Å².